The van der Waals surface area contributed by atoms with Gasteiger partial charge in [0.15, 0.2) is 5.75 Å². The molecule has 1 spiro atoms. The van der Waals surface area contributed by atoms with Gasteiger partial charge in [-0.2, -0.15) is 5.26 Å². The van der Waals surface area contributed by atoms with E-state index in [0.717, 1.165) is 57.8 Å². The number of aromatic nitrogens is 1. The number of thiophene rings is 1. The maximum absolute atomic E-state index is 9.70. The van der Waals surface area contributed by atoms with E-state index < -0.39 is 0 Å². The molecule has 1 fully saturated rings. The number of pyridine rings is 1. The third-order valence-corrected chi connectivity index (χ3v) is 6.40. The maximum Gasteiger partial charge on any atom is 0.205 e. The van der Waals surface area contributed by atoms with Gasteiger partial charge in [-0.15, -0.1) is 11.3 Å². The van der Waals surface area contributed by atoms with Gasteiger partial charge >= 0.3 is 0 Å². The Hall–Kier alpha value is -2.06. The van der Waals surface area contributed by atoms with Crippen molar-refractivity contribution in [1.29, 1.82) is 5.26 Å². The van der Waals surface area contributed by atoms with Crippen LogP contribution in [0.15, 0.2) is 17.5 Å². The molecule has 0 saturated heterocycles. The summed E-state index contributed by atoms with van der Waals surface area (Å²) in [6, 6.07) is 4.42. The van der Waals surface area contributed by atoms with Gasteiger partial charge in [0.1, 0.15) is 16.5 Å². The molecule has 0 unspecified atom stereocenters. The molecule has 0 radical (unpaired) electrons. The lowest BCUT2D eigenvalue weighted by molar-refractivity contribution is 0.297. The van der Waals surface area contributed by atoms with Crippen LogP contribution in [0, 0.1) is 25.2 Å². The number of fused-ring (bicyclic) bond motifs is 4. The molecule has 2 aromatic heterocycles. The van der Waals surface area contributed by atoms with Crippen molar-refractivity contribution in [2.24, 2.45) is 5.73 Å². The van der Waals surface area contributed by atoms with Gasteiger partial charge in [-0.25, -0.2) is 4.98 Å². The smallest absolute Gasteiger partial charge is 0.205 e. The molecule has 118 valence electrons. The summed E-state index contributed by atoms with van der Waals surface area (Å²) in [6.07, 6.45) is 5.41. The number of aryl methyl sites for hydroxylation is 2. The Labute approximate surface area is 139 Å². The van der Waals surface area contributed by atoms with E-state index in [-0.39, 0.29) is 11.3 Å². The molecule has 1 saturated carbocycles. The number of rotatable bonds is 0. The van der Waals surface area contributed by atoms with E-state index in [9.17, 15) is 5.26 Å². The molecular weight excluding hydrogens is 306 g/mol. The molecule has 2 aromatic rings. The predicted molar refractivity (Wildman–Crippen MR) is 91.3 cm³/mol. The van der Waals surface area contributed by atoms with Crippen LogP contribution in [0.25, 0.3) is 10.2 Å². The molecule has 1 aliphatic carbocycles. The van der Waals surface area contributed by atoms with Crippen molar-refractivity contribution in [3.8, 4) is 11.8 Å². The lowest BCUT2D eigenvalue weighted by atomic mass is 9.67. The molecule has 0 amide bonds. The number of allylic oxidation sites excluding steroid dienone is 1. The highest BCUT2D eigenvalue weighted by molar-refractivity contribution is 7.19. The first-order valence-electron chi connectivity index (χ1n) is 8.06. The summed E-state index contributed by atoms with van der Waals surface area (Å²) in [5.74, 6) is 1.12. The Kier molecular flexibility index (Phi) is 3.14. The van der Waals surface area contributed by atoms with Gasteiger partial charge < -0.3 is 10.5 Å². The summed E-state index contributed by atoms with van der Waals surface area (Å²) >= 11 is 1.68. The van der Waals surface area contributed by atoms with Crippen LogP contribution >= 0.6 is 11.3 Å². The van der Waals surface area contributed by atoms with Crippen LogP contribution < -0.4 is 10.5 Å². The zero-order valence-electron chi connectivity index (χ0n) is 13.4. The molecular formula is C18H19N3OS. The van der Waals surface area contributed by atoms with Crippen LogP contribution in [0.2, 0.25) is 0 Å². The average Bonchev–Trinajstić information content (AvgIpc) is 2.87. The number of hydrogen-bond acceptors (Lipinski definition) is 5. The van der Waals surface area contributed by atoms with Crippen molar-refractivity contribution >= 4 is 21.6 Å². The van der Waals surface area contributed by atoms with Gasteiger partial charge in [-0.3, -0.25) is 0 Å². The third-order valence-electron chi connectivity index (χ3n) is 5.13. The van der Waals surface area contributed by atoms with E-state index in [2.05, 4.69) is 19.1 Å². The molecule has 2 aliphatic rings. The normalized spacial score (nSPS) is 19.5. The van der Waals surface area contributed by atoms with Crippen LogP contribution in [0.5, 0.6) is 5.75 Å². The quantitative estimate of drug-likeness (QED) is 0.788. The average molecular weight is 325 g/mol. The van der Waals surface area contributed by atoms with Crippen molar-refractivity contribution in [3.63, 3.8) is 0 Å². The summed E-state index contributed by atoms with van der Waals surface area (Å²) in [4.78, 5) is 6.83. The van der Waals surface area contributed by atoms with Crippen molar-refractivity contribution in [3.05, 3.63) is 33.7 Å². The fourth-order valence-electron chi connectivity index (χ4n) is 4.13. The highest BCUT2D eigenvalue weighted by Gasteiger charge is 2.47. The van der Waals surface area contributed by atoms with Crippen molar-refractivity contribution in [1.82, 2.24) is 4.98 Å². The van der Waals surface area contributed by atoms with Crippen molar-refractivity contribution in [2.45, 2.75) is 51.4 Å². The Morgan fingerprint density at radius 2 is 2.04 bits per heavy atom. The third kappa shape index (κ3) is 1.91. The minimum Gasteiger partial charge on any atom is -0.439 e. The molecule has 0 bridgehead atoms. The first-order valence-corrected chi connectivity index (χ1v) is 8.88. The van der Waals surface area contributed by atoms with Crippen LogP contribution in [0.3, 0.4) is 0 Å². The molecule has 23 heavy (non-hydrogen) atoms. The molecule has 4 rings (SSSR count). The summed E-state index contributed by atoms with van der Waals surface area (Å²) in [5, 5.41) is 10.8. The standard InChI is InChI=1S/C18H19N3OS/c1-10-8-11(2)21-17-13(10)14-15(23-17)18(6-4-3-5-7-18)12(9-19)16(20)22-14/h8H,3-7,20H2,1-2H3. The summed E-state index contributed by atoms with van der Waals surface area (Å²) in [5.41, 5.74) is 8.67. The van der Waals surface area contributed by atoms with Crippen LogP contribution in [0.1, 0.15) is 48.2 Å². The number of nitrogens with two attached hydrogens (primary N) is 1. The second-order valence-electron chi connectivity index (χ2n) is 6.62. The fourth-order valence-corrected chi connectivity index (χ4v) is 5.60. The molecule has 3 heterocycles. The van der Waals surface area contributed by atoms with E-state index in [0.29, 0.717) is 5.57 Å². The number of nitrogens with zero attached hydrogens (tertiary/aromatic N) is 2. The Bertz CT molecular complexity index is 882. The van der Waals surface area contributed by atoms with Gasteiger partial charge in [-0.05, 0) is 38.3 Å². The summed E-state index contributed by atoms with van der Waals surface area (Å²) < 4.78 is 5.94. The minimum absolute atomic E-state index is 0.267. The summed E-state index contributed by atoms with van der Waals surface area (Å²) in [7, 11) is 0. The monoisotopic (exact) mass is 325 g/mol. The Morgan fingerprint density at radius 3 is 2.74 bits per heavy atom. The zero-order chi connectivity index (χ0) is 16.2. The predicted octanol–water partition coefficient (Wildman–Crippen LogP) is 4.20. The van der Waals surface area contributed by atoms with E-state index in [1.165, 1.54) is 6.42 Å². The van der Waals surface area contributed by atoms with E-state index in [1.54, 1.807) is 11.3 Å². The molecule has 2 N–H and O–H groups in total. The van der Waals surface area contributed by atoms with E-state index in [4.69, 9.17) is 15.5 Å². The SMILES string of the molecule is Cc1cc(C)c2c3c(sc2n1)C1(CCCCC1)C(C#N)=C(N)O3. The number of nitriles is 1. The second-order valence-corrected chi connectivity index (χ2v) is 7.62. The van der Waals surface area contributed by atoms with Crippen LogP contribution in [0.4, 0.5) is 0 Å². The first-order chi connectivity index (χ1) is 11.1. The lowest BCUT2D eigenvalue weighted by Crippen LogP contribution is -2.36. The maximum atomic E-state index is 9.70. The fraction of sp³-hybridized carbons (Fsp3) is 0.444. The first kappa shape index (κ1) is 14.5. The molecule has 4 nitrogen and oxygen atoms in total. The highest BCUT2D eigenvalue weighted by Crippen LogP contribution is 2.56. The van der Waals surface area contributed by atoms with Gasteiger partial charge in [0.25, 0.3) is 0 Å². The number of ether oxygens (including phenoxy) is 1. The highest BCUT2D eigenvalue weighted by atomic mass is 32.1. The summed E-state index contributed by atoms with van der Waals surface area (Å²) in [6.45, 7) is 4.09. The van der Waals surface area contributed by atoms with E-state index >= 15 is 0 Å². The van der Waals surface area contributed by atoms with Gasteiger partial charge in [0, 0.05) is 11.1 Å². The second kappa shape index (κ2) is 4.97. The van der Waals surface area contributed by atoms with Crippen LogP contribution in [-0.4, -0.2) is 4.98 Å². The molecule has 0 aromatic carbocycles. The van der Waals surface area contributed by atoms with Gasteiger partial charge in [-0.1, -0.05) is 19.3 Å². The molecule has 5 heteroatoms. The topological polar surface area (TPSA) is 71.9 Å². The van der Waals surface area contributed by atoms with E-state index in [1.807, 2.05) is 6.92 Å². The Morgan fingerprint density at radius 1 is 1.30 bits per heavy atom. The van der Waals surface area contributed by atoms with Gasteiger partial charge in [0.2, 0.25) is 5.88 Å². The number of hydrogen-bond donors (Lipinski definition) is 1. The molecule has 1 aliphatic heterocycles. The van der Waals surface area contributed by atoms with Crippen molar-refractivity contribution < 1.29 is 4.74 Å². The van der Waals surface area contributed by atoms with Gasteiger partial charge in [0.05, 0.1) is 10.3 Å². The largest absolute Gasteiger partial charge is 0.439 e. The minimum atomic E-state index is -0.267. The zero-order valence-corrected chi connectivity index (χ0v) is 14.2. The van der Waals surface area contributed by atoms with Crippen LogP contribution in [-0.2, 0) is 5.41 Å². The molecule has 0 atom stereocenters. The lowest BCUT2D eigenvalue weighted by Gasteiger charge is -2.39. The van der Waals surface area contributed by atoms with Crippen molar-refractivity contribution in [2.75, 3.05) is 0 Å². The Balaban J connectivity index is 2.05.